The molecule has 1 aromatic heterocycles. The molecule has 11 heteroatoms. The third kappa shape index (κ3) is 4.44. The van der Waals surface area contributed by atoms with Crippen molar-refractivity contribution in [2.45, 2.75) is 76.3 Å². The van der Waals surface area contributed by atoms with Gasteiger partial charge < -0.3 is 16.4 Å². The lowest BCUT2D eigenvalue weighted by molar-refractivity contribution is -0.836. The molecule has 0 unspecified atom stereocenters. The van der Waals surface area contributed by atoms with Crippen molar-refractivity contribution in [1.29, 1.82) is 0 Å². The van der Waals surface area contributed by atoms with Gasteiger partial charge in [-0.15, -0.1) is 0 Å². The summed E-state index contributed by atoms with van der Waals surface area (Å²) in [6.45, 7) is 0. The Morgan fingerprint density at radius 1 is 0.923 bits per heavy atom. The summed E-state index contributed by atoms with van der Waals surface area (Å²) >= 11 is 0. The highest BCUT2D eigenvalue weighted by atomic mass is 32.3. The second-order valence-corrected chi connectivity index (χ2v) is 8.03. The van der Waals surface area contributed by atoms with E-state index in [0.29, 0.717) is 22.8 Å². The van der Waals surface area contributed by atoms with E-state index in [1.54, 1.807) is 0 Å². The summed E-state index contributed by atoms with van der Waals surface area (Å²) in [6.07, 6.45) is 11.4. The number of hydrogen-bond acceptors (Lipinski definition) is 8. The van der Waals surface area contributed by atoms with Crippen LogP contribution in [0, 0.1) is 0 Å². The first-order valence-corrected chi connectivity index (χ1v) is 10.5. The summed E-state index contributed by atoms with van der Waals surface area (Å²) in [5.74, 6) is -0.155. The summed E-state index contributed by atoms with van der Waals surface area (Å²) in [6, 6.07) is 0.646. The maximum absolute atomic E-state index is 11.0. The van der Waals surface area contributed by atoms with Crippen molar-refractivity contribution in [2.75, 3.05) is 16.4 Å². The molecule has 2 fully saturated rings. The summed E-state index contributed by atoms with van der Waals surface area (Å²) in [7, 11) is -4.79. The second-order valence-electron chi connectivity index (χ2n) is 7.03. The third-order valence-corrected chi connectivity index (χ3v) is 5.52. The number of aromatic nitrogens is 3. The van der Waals surface area contributed by atoms with Gasteiger partial charge in [0.05, 0.1) is 0 Å². The molecule has 2 saturated carbocycles. The van der Waals surface area contributed by atoms with Crippen molar-refractivity contribution < 1.29 is 22.0 Å². The van der Waals surface area contributed by atoms with Gasteiger partial charge in [0.1, 0.15) is 0 Å². The van der Waals surface area contributed by atoms with Gasteiger partial charge in [0, 0.05) is 12.1 Å². The van der Waals surface area contributed by atoms with Gasteiger partial charge in [0.2, 0.25) is 0 Å². The molecule has 1 aromatic rings. The first-order chi connectivity index (χ1) is 12.3. The van der Waals surface area contributed by atoms with Crippen LogP contribution in [-0.2, 0) is 10.4 Å². The molecule has 0 atom stereocenters. The highest BCUT2D eigenvalue weighted by Crippen LogP contribution is 2.32. The summed E-state index contributed by atoms with van der Waals surface area (Å²) in [5, 5.41) is 0. The van der Waals surface area contributed by atoms with Crippen molar-refractivity contribution in [2.24, 2.45) is 0 Å². The molecule has 0 radical (unpaired) electrons. The molecule has 0 amide bonds. The fraction of sp³-hybridized carbons (Fsp3) is 0.800. The smallest absolute Gasteiger partial charge is 0.318 e. The Morgan fingerprint density at radius 2 is 1.35 bits per heavy atom. The molecule has 146 valence electrons. The van der Waals surface area contributed by atoms with Gasteiger partial charge >= 0.3 is 28.2 Å². The molecule has 1 heterocycles. The molecular formula is C15H27N6O4S+. The fourth-order valence-electron chi connectivity index (χ4n) is 4.07. The van der Waals surface area contributed by atoms with Crippen molar-refractivity contribution in [3.05, 3.63) is 0 Å². The zero-order chi connectivity index (χ0) is 18.7. The van der Waals surface area contributed by atoms with Crippen LogP contribution in [0.5, 0.6) is 0 Å². The van der Waals surface area contributed by atoms with Crippen molar-refractivity contribution in [3.63, 3.8) is 0 Å². The van der Waals surface area contributed by atoms with Gasteiger partial charge in [-0.3, -0.25) is 4.55 Å². The van der Waals surface area contributed by atoms with Crippen LogP contribution in [0.25, 0.3) is 0 Å². The lowest BCUT2D eigenvalue weighted by Crippen LogP contribution is -2.53. The van der Waals surface area contributed by atoms with E-state index in [0.717, 1.165) is 51.4 Å². The maximum Gasteiger partial charge on any atom is 0.472 e. The van der Waals surface area contributed by atoms with E-state index in [9.17, 15) is 8.42 Å². The Balaban J connectivity index is 1.94. The molecule has 0 spiro atoms. The van der Waals surface area contributed by atoms with Crippen LogP contribution in [0.15, 0.2) is 0 Å². The fourth-order valence-corrected chi connectivity index (χ4v) is 4.41. The maximum atomic E-state index is 11.0. The standard InChI is InChI=1S/C15H26N6O4S/c16-13-18-15(19-14(17)21(13)25-26(22,23)24)20(11-7-3-1-4-8-11)12-9-5-2-6-10-12/h11-12H,1-10H2,(H4,16,17,18,19,22,23,24)/p+1. The van der Waals surface area contributed by atoms with Crippen LogP contribution >= 0.6 is 0 Å². The topological polar surface area (TPSA) is 149 Å². The summed E-state index contributed by atoms with van der Waals surface area (Å²) in [4.78, 5) is 10.7. The van der Waals surface area contributed by atoms with E-state index in [1.807, 2.05) is 0 Å². The lowest BCUT2D eigenvalue weighted by atomic mass is 9.89. The van der Waals surface area contributed by atoms with E-state index in [1.165, 1.54) is 12.8 Å². The number of nitrogen functional groups attached to an aromatic ring is 2. The van der Waals surface area contributed by atoms with E-state index in [4.69, 9.17) is 16.0 Å². The average molecular weight is 387 g/mol. The normalized spacial score (nSPS) is 20.0. The minimum atomic E-state index is -4.79. The van der Waals surface area contributed by atoms with Crippen molar-refractivity contribution in [1.82, 2.24) is 9.97 Å². The van der Waals surface area contributed by atoms with Gasteiger partial charge in [-0.1, -0.05) is 48.5 Å². The second kappa shape index (κ2) is 7.78. The minimum absolute atomic E-state index is 0.276. The third-order valence-electron chi connectivity index (χ3n) is 5.18. The Bertz CT molecular complexity index is 691. The van der Waals surface area contributed by atoms with Gasteiger partial charge in [0.25, 0.3) is 0 Å². The van der Waals surface area contributed by atoms with Crippen LogP contribution < -0.4 is 25.4 Å². The van der Waals surface area contributed by atoms with Gasteiger partial charge in [0.15, 0.2) is 0 Å². The Labute approximate surface area is 153 Å². The Kier molecular flexibility index (Phi) is 5.66. The van der Waals surface area contributed by atoms with Gasteiger partial charge in [-0.05, 0) is 30.4 Å². The number of rotatable bonds is 5. The Hall–Kier alpha value is -1.88. The van der Waals surface area contributed by atoms with Crippen molar-refractivity contribution >= 4 is 28.2 Å². The molecule has 2 aliphatic carbocycles. The SMILES string of the molecule is Nc1nc(N(C2CCCCC2)C2CCCCC2)nc(N)[n+]1OS(=O)(=O)O. The molecule has 2 aliphatic rings. The number of anilines is 3. The first kappa shape index (κ1) is 18.9. The molecule has 0 aliphatic heterocycles. The molecular weight excluding hydrogens is 360 g/mol. The highest BCUT2D eigenvalue weighted by molar-refractivity contribution is 7.80. The molecule has 0 saturated heterocycles. The van der Waals surface area contributed by atoms with Crippen LogP contribution in [-0.4, -0.2) is 35.0 Å². The monoisotopic (exact) mass is 387 g/mol. The number of nitrogens with zero attached hydrogens (tertiary/aromatic N) is 4. The number of nitrogens with two attached hydrogens (primary N) is 2. The summed E-state index contributed by atoms with van der Waals surface area (Å²) < 4.78 is 35.6. The quantitative estimate of drug-likeness (QED) is 0.488. The van der Waals surface area contributed by atoms with Crippen LogP contribution in [0.3, 0.4) is 0 Å². The highest BCUT2D eigenvalue weighted by Gasteiger charge is 2.34. The predicted molar refractivity (Wildman–Crippen MR) is 95.4 cm³/mol. The molecule has 10 nitrogen and oxygen atoms in total. The van der Waals surface area contributed by atoms with Crippen LogP contribution in [0.1, 0.15) is 64.2 Å². The summed E-state index contributed by atoms with van der Waals surface area (Å²) in [5.41, 5.74) is 11.7. The minimum Gasteiger partial charge on any atom is -0.318 e. The van der Waals surface area contributed by atoms with Gasteiger partial charge in [-0.25, -0.2) is 4.28 Å². The zero-order valence-corrected chi connectivity index (χ0v) is 15.6. The van der Waals surface area contributed by atoms with E-state index in [-0.39, 0.29) is 11.9 Å². The zero-order valence-electron chi connectivity index (χ0n) is 14.7. The van der Waals surface area contributed by atoms with Crippen molar-refractivity contribution in [3.8, 4) is 0 Å². The molecule has 26 heavy (non-hydrogen) atoms. The number of hydrogen-bond donors (Lipinski definition) is 3. The van der Waals surface area contributed by atoms with E-state index in [2.05, 4.69) is 19.2 Å². The average Bonchev–Trinajstić information content (AvgIpc) is 2.60. The molecule has 0 bridgehead atoms. The molecule has 5 N–H and O–H groups in total. The van der Waals surface area contributed by atoms with Gasteiger partial charge in [-0.2, -0.15) is 8.42 Å². The Morgan fingerprint density at radius 3 is 1.73 bits per heavy atom. The van der Waals surface area contributed by atoms with E-state index >= 15 is 0 Å². The molecule has 0 aromatic carbocycles. The largest absolute Gasteiger partial charge is 0.472 e. The van der Waals surface area contributed by atoms with Crippen LogP contribution in [0.2, 0.25) is 0 Å². The van der Waals surface area contributed by atoms with E-state index < -0.39 is 10.4 Å². The van der Waals surface area contributed by atoms with Crippen LogP contribution in [0.4, 0.5) is 17.8 Å². The predicted octanol–water partition coefficient (Wildman–Crippen LogP) is 0.632. The molecule has 3 rings (SSSR count). The lowest BCUT2D eigenvalue weighted by Gasteiger charge is -2.40. The first-order valence-electron chi connectivity index (χ1n) is 9.16.